The van der Waals surface area contributed by atoms with Gasteiger partial charge in [0.05, 0.1) is 34.3 Å². The van der Waals surface area contributed by atoms with Crippen molar-refractivity contribution in [3.8, 4) is 0 Å². The number of nitrogens with zero attached hydrogens (tertiary/aromatic N) is 3. The summed E-state index contributed by atoms with van der Waals surface area (Å²) in [5.74, 6) is 0. The molecule has 0 atom stereocenters. The lowest BCUT2D eigenvalue weighted by atomic mass is 10.2. The second kappa shape index (κ2) is 5.94. The zero-order chi connectivity index (χ0) is 14.9. The number of hydrogen-bond acceptors (Lipinski definition) is 3. The fourth-order valence-corrected chi connectivity index (χ4v) is 2.54. The third kappa shape index (κ3) is 2.86. The van der Waals surface area contributed by atoms with Gasteiger partial charge in [-0.05, 0) is 32.0 Å². The van der Waals surface area contributed by atoms with Crippen molar-refractivity contribution in [2.45, 2.75) is 26.9 Å². The van der Waals surface area contributed by atoms with Crippen molar-refractivity contribution < 1.29 is 0 Å². The van der Waals surface area contributed by atoms with Gasteiger partial charge in [0.2, 0.25) is 0 Å². The van der Waals surface area contributed by atoms with Crippen LogP contribution in [0.15, 0.2) is 18.2 Å². The molecule has 0 bridgehead atoms. The Bertz CT molecular complexity index is 622. The molecule has 2 aromatic rings. The molecule has 2 N–H and O–H groups in total. The third-order valence-corrected chi connectivity index (χ3v) is 3.97. The van der Waals surface area contributed by atoms with E-state index in [4.69, 9.17) is 28.9 Å². The minimum Gasteiger partial charge on any atom is -0.397 e. The zero-order valence-electron chi connectivity index (χ0n) is 11.8. The Morgan fingerprint density at radius 3 is 2.70 bits per heavy atom. The van der Waals surface area contributed by atoms with Crippen LogP contribution in [0.1, 0.15) is 18.3 Å². The molecule has 1 aromatic heterocycles. The first kappa shape index (κ1) is 15.0. The van der Waals surface area contributed by atoms with E-state index in [2.05, 4.69) is 5.10 Å². The Hall–Kier alpha value is -1.39. The van der Waals surface area contributed by atoms with Crippen LogP contribution in [0.2, 0.25) is 10.0 Å². The highest BCUT2D eigenvalue weighted by Crippen LogP contribution is 2.29. The van der Waals surface area contributed by atoms with Gasteiger partial charge in [0, 0.05) is 18.6 Å². The maximum absolute atomic E-state index is 6.33. The molecule has 0 aliphatic carbocycles. The van der Waals surface area contributed by atoms with Crippen molar-refractivity contribution in [1.29, 1.82) is 0 Å². The first-order valence-corrected chi connectivity index (χ1v) is 7.17. The molecule has 0 aliphatic heterocycles. The number of aromatic nitrogens is 2. The van der Waals surface area contributed by atoms with E-state index in [1.807, 2.05) is 36.5 Å². The molecule has 108 valence electrons. The van der Waals surface area contributed by atoms with Crippen LogP contribution >= 0.6 is 23.2 Å². The summed E-state index contributed by atoms with van der Waals surface area (Å²) in [6, 6.07) is 5.43. The fourth-order valence-electron chi connectivity index (χ4n) is 2.18. The molecule has 0 saturated carbocycles. The van der Waals surface area contributed by atoms with Gasteiger partial charge in [-0.2, -0.15) is 5.10 Å². The zero-order valence-corrected chi connectivity index (χ0v) is 13.3. The van der Waals surface area contributed by atoms with E-state index in [-0.39, 0.29) is 0 Å². The SMILES string of the molecule is CCn1nc(C)c(Cl)c1CN(C)c1cc(Cl)ccc1N. The van der Waals surface area contributed by atoms with Crippen LogP contribution < -0.4 is 10.6 Å². The lowest BCUT2D eigenvalue weighted by molar-refractivity contribution is 0.613. The van der Waals surface area contributed by atoms with Crippen molar-refractivity contribution in [3.05, 3.63) is 39.6 Å². The summed E-state index contributed by atoms with van der Waals surface area (Å²) in [6.45, 7) is 5.35. The van der Waals surface area contributed by atoms with Gasteiger partial charge in [0.15, 0.2) is 0 Å². The number of benzene rings is 1. The number of anilines is 2. The summed E-state index contributed by atoms with van der Waals surface area (Å²) < 4.78 is 1.91. The Kier molecular flexibility index (Phi) is 4.45. The maximum Gasteiger partial charge on any atom is 0.0865 e. The van der Waals surface area contributed by atoms with Gasteiger partial charge in [0.1, 0.15) is 0 Å². The summed E-state index contributed by atoms with van der Waals surface area (Å²) in [4.78, 5) is 2.02. The highest BCUT2D eigenvalue weighted by Gasteiger charge is 2.15. The first-order chi connectivity index (χ1) is 9.43. The number of aryl methyl sites for hydroxylation is 2. The molecule has 0 unspecified atom stereocenters. The molecule has 0 radical (unpaired) electrons. The Labute approximate surface area is 129 Å². The predicted molar refractivity (Wildman–Crippen MR) is 85.6 cm³/mol. The van der Waals surface area contributed by atoms with Crippen LogP contribution in [-0.4, -0.2) is 16.8 Å². The molecule has 4 nitrogen and oxygen atoms in total. The van der Waals surface area contributed by atoms with Crippen molar-refractivity contribution >= 4 is 34.6 Å². The van der Waals surface area contributed by atoms with Crippen LogP contribution in [-0.2, 0) is 13.1 Å². The Morgan fingerprint density at radius 1 is 1.35 bits per heavy atom. The van der Waals surface area contributed by atoms with Gasteiger partial charge in [-0.15, -0.1) is 0 Å². The first-order valence-electron chi connectivity index (χ1n) is 6.42. The van der Waals surface area contributed by atoms with E-state index in [0.29, 0.717) is 22.3 Å². The largest absolute Gasteiger partial charge is 0.397 e. The lowest BCUT2D eigenvalue weighted by Crippen LogP contribution is -2.20. The van der Waals surface area contributed by atoms with Gasteiger partial charge in [-0.1, -0.05) is 23.2 Å². The molecule has 0 amide bonds. The van der Waals surface area contributed by atoms with E-state index < -0.39 is 0 Å². The van der Waals surface area contributed by atoms with Crippen molar-refractivity contribution in [3.63, 3.8) is 0 Å². The van der Waals surface area contributed by atoms with Crippen LogP contribution in [0.4, 0.5) is 11.4 Å². The second-order valence-corrected chi connectivity index (χ2v) is 5.54. The standard InChI is InChI=1S/C14H18Cl2N4/c1-4-20-13(14(16)9(2)18-20)8-19(3)12-7-10(15)5-6-11(12)17/h5-7H,4,8,17H2,1-3H3. The van der Waals surface area contributed by atoms with Crippen LogP contribution in [0, 0.1) is 6.92 Å². The van der Waals surface area contributed by atoms with E-state index in [0.717, 1.165) is 23.6 Å². The molecular weight excluding hydrogens is 295 g/mol. The second-order valence-electron chi connectivity index (χ2n) is 4.72. The van der Waals surface area contributed by atoms with Crippen LogP contribution in [0.3, 0.4) is 0 Å². The third-order valence-electron chi connectivity index (χ3n) is 3.24. The Morgan fingerprint density at radius 2 is 2.05 bits per heavy atom. The summed E-state index contributed by atoms with van der Waals surface area (Å²) in [7, 11) is 1.96. The summed E-state index contributed by atoms with van der Waals surface area (Å²) in [6.07, 6.45) is 0. The van der Waals surface area contributed by atoms with Crippen LogP contribution in [0.25, 0.3) is 0 Å². The minimum absolute atomic E-state index is 0.623. The maximum atomic E-state index is 6.33. The molecule has 2 rings (SSSR count). The van der Waals surface area contributed by atoms with E-state index >= 15 is 0 Å². The lowest BCUT2D eigenvalue weighted by Gasteiger charge is -2.22. The van der Waals surface area contributed by atoms with E-state index in [9.17, 15) is 0 Å². The topological polar surface area (TPSA) is 47.1 Å². The number of nitrogens with two attached hydrogens (primary N) is 1. The molecule has 6 heteroatoms. The smallest absolute Gasteiger partial charge is 0.0865 e. The predicted octanol–water partition coefficient (Wildman–Crippen LogP) is 3.74. The molecular formula is C14H18Cl2N4. The number of rotatable bonds is 4. The molecule has 0 spiro atoms. The average Bonchev–Trinajstić information content (AvgIpc) is 2.69. The molecule has 0 saturated heterocycles. The summed E-state index contributed by atoms with van der Waals surface area (Å²) >= 11 is 12.4. The van der Waals surface area contributed by atoms with Crippen molar-refractivity contribution in [1.82, 2.24) is 9.78 Å². The average molecular weight is 313 g/mol. The van der Waals surface area contributed by atoms with Gasteiger partial charge in [0.25, 0.3) is 0 Å². The molecule has 20 heavy (non-hydrogen) atoms. The fraction of sp³-hybridized carbons (Fsp3) is 0.357. The van der Waals surface area contributed by atoms with Crippen LogP contribution in [0.5, 0.6) is 0 Å². The molecule has 0 fully saturated rings. The van der Waals surface area contributed by atoms with Crippen molar-refractivity contribution in [2.24, 2.45) is 0 Å². The summed E-state index contributed by atoms with van der Waals surface area (Å²) in [5.41, 5.74) is 9.40. The highest BCUT2D eigenvalue weighted by atomic mass is 35.5. The minimum atomic E-state index is 0.623. The van der Waals surface area contributed by atoms with Crippen molar-refractivity contribution in [2.75, 3.05) is 17.7 Å². The Balaban J connectivity index is 2.32. The van der Waals surface area contributed by atoms with E-state index in [1.54, 1.807) is 12.1 Å². The molecule has 0 aliphatic rings. The van der Waals surface area contributed by atoms with Gasteiger partial charge >= 0.3 is 0 Å². The molecule has 1 aromatic carbocycles. The highest BCUT2D eigenvalue weighted by molar-refractivity contribution is 6.32. The van der Waals surface area contributed by atoms with Gasteiger partial charge in [-0.25, -0.2) is 0 Å². The summed E-state index contributed by atoms with van der Waals surface area (Å²) in [5, 5.41) is 5.78. The number of hydrogen-bond donors (Lipinski definition) is 1. The van der Waals surface area contributed by atoms with E-state index in [1.165, 1.54) is 0 Å². The normalized spacial score (nSPS) is 10.8. The quantitative estimate of drug-likeness (QED) is 0.875. The van der Waals surface area contributed by atoms with Gasteiger partial charge in [-0.3, -0.25) is 4.68 Å². The van der Waals surface area contributed by atoms with Gasteiger partial charge < -0.3 is 10.6 Å². The molecule has 1 heterocycles. The number of halogens is 2. The number of nitrogen functional groups attached to an aromatic ring is 1. The monoisotopic (exact) mass is 312 g/mol.